The maximum atomic E-state index is 13.6. The van der Waals surface area contributed by atoms with Gasteiger partial charge in [-0.3, -0.25) is 9.88 Å². The van der Waals surface area contributed by atoms with Gasteiger partial charge in [-0.15, -0.1) is 0 Å². The monoisotopic (exact) mass is 611 g/mol. The molecule has 11 nitrogen and oxygen atoms in total. The van der Waals surface area contributed by atoms with Crippen molar-refractivity contribution in [3.63, 3.8) is 0 Å². The van der Waals surface area contributed by atoms with Gasteiger partial charge in [0, 0.05) is 75.1 Å². The molecule has 1 fully saturated rings. The molecular weight excluding hydrogens is 570 g/mol. The first-order valence-corrected chi connectivity index (χ1v) is 15.2. The molecule has 5 rings (SSSR count). The molecule has 0 aliphatic carbocycles. The number of rotatable bonds is 12. The standard InChI is InChI=1S/C34H41N7O4/c1-25-8-7-9-26(2)32(25)41(34(42)45-22-14-27-10-5-6-15-35-27)31-13-16-36-33(38-31)37-28-11-12-29(30(24-28)43-4)44-23-21-40-19-17-39(3)18-20-40/h5-13,15-16,24H,14,17-23H2,1-4H3,(H,36,37,38). The maximum Gasteiger partial charge on any atom is 0.420 e. The molecule has 1 amide bonds. The molecule has 0 unspecified atom stereocenters. The Hall–Kier alpha value is -4.74. The third-order valence-electron chi connectivity index (χ3n) is 7.71. The summed E-state index contributed by atoms with van der Waals surface area (Å²) in [7, 11) is 3.77. The van der Waals surface area contributed by atoms with Crippen LogP contribution in [0.1, 0.15) is 16.8 Å². The predicted molar refractivity (Wildman–Crippen MR) is 175 cm³/mol. The number of hydrogen-bond donors (Lipinski definition) is 1. The SMILES string of the molecule is COc1cc(Nc2nccc(N(C(=O)OCCc3ccccn3)c3c(C)cccc3C)n2)ccc1OCCN1CCN(C)CC1. The van der Waals surface area contributed by atoms with Crippen LogP contribution in [0.4, 0.5) is 27.9 Å². The van der Waals surface area contributed by atoms with Crippen LogP contribution in [0.25, 0.3) is 0 Å². The third kappa shape index (κ3) is 8.46. The number of nitrogens with one attached hydrogen (secondary N) is 1. The fourth-order valence-electron chi connectivity index (χ4n) is 5.20. The highest BCUT2D eigenvalue weighted by Crippen LogP contribution is 2.33. The zero-order valence-electron chi connectivity index (χ0n) is 26.4. The van der Waals surface area contributed by atoms with Gasteiger partial charge in [0.2, 0.25) is 5.95 Å². The lowest BCUT2D eigenvalue weighted by Crippen LogP contribution is -2.45. The highest BCUT2D eigenvalue weighted by atomic mass is 16.6. The predicted octanol–water partition coefficient (Wildman–Crippen LogP) is 5.38. The second kappa shape index (κ2) is 15.3. The summed E-state index contributed by atoms with van der Waals surface area (Å²) in [6.07, 6.45) is 3.30. The van der Waals surface area contributed by atoms with Gasteiger partial charge in [-0.2, -0.15) is 4.98 Å². The van der Waals surface area contributed by atoms with E-state index in [1.54, 1.807) is 25.6 Å². The summed E-state index contributed by atoms with van der Waals surface area (Å²) in [6, 6.07) is 18.8. The number of aryl methyl sites for hydroxylation is 2. The largest absolute Gasteiger partial charge is 0.493 e. The molecule has 1 aliphatic heterocycles. The summed E-state index contributed by atoms with van der Waals surface area (Å²) >= 11 is 0. The number of likely N-dealkylation sites (N-methyl/N-ethyl adjacent to an activating group) is 1. The van der Waals surface area contributed by atoms with Crippen LogP contribution in [-0.4, -0.2) is 90.9 Å². The molecule has 0 bridgehead atoms. The number of piperazine rings is 1. The zero-order valence-corrected chi connectivity index (χ0v) is 26.4. The van der Waals surface area contributed by atoms with Crippen LogP contribution in [0.5, 0.6) is 11.5 Å². The number of aromatic nitrogens is 3. The van der Waals surface area contributed by atoms with Gasteiger partial charge in [0.05, 0.1) is 19.4 Å². The minimum atomic E-state index is -0.535. The first-order valence-electron chi connectivity index (χ1n) is 15.2. The van der Waals surface area contributed by atoms with Gasteiger partial charge < -0.3 is 24.4 Å². The number of nitrogens with zero attached hydrogens (tertiary/aromatic N) is 6. The van der Waals surface area contributed by atoms with Gasteiger partial charge in [-0.25, -0.2) is 14.7 Å². The van der Waals surface area contributed by atoms with E-state index in [9.17, 15) is 4.79 Å². The van der Waals surface area contributed by atoms with Crippen LogP contribution in [-0.2, 0) is 11.2 Å². The Labute approximate surface area is 264 Å². The van der Waals surface area contributed by atoms with E-state index in [-0.39, 0.29) is 6.61 Å². The molecule has 2 aromatic heterocycles. The molecular formula is C34H41N7O4. The Morgan fingerprint density at radius 1 is 0.911 bits per heavy atom. The van der Waals surface area contributed by atoms with Gasteiger partial charge >= 0.3 is 6.09 Å². The molecule has 0 saturated carbocycles. The maximum absolute atomic E-state index is 13.6. The van der Waals surface area contributed by atoms with Gasteiger partial charge in [0.25, 0.3) is 0 Å². The van der Waals surface area contributed by atoms with E-state index in [1.165, 1.54) is 4.90 Å². The minimum absolute atomic E-state index is 0.178. The van der Waals surface area contributed by atoms with Crippen LogP contribution in [0.2, 0.25) is 0 Å². The molecule has 2 aromatic carbocycles. The molecule has 0 radical (unpaired) electrons. The molecule has 1 saturated heterocycles. The first-order chi connectivity index (χ1) is 21.9. The summed E-state index contributed by atoms with van der Waals surface area (Å²) in [6.45, 7) is 9.76. The number of amides is 1. The van der Waals surface area contributed by atoms with E-state index in [1.807, 2.05) is 68.4 Å². The fourth-order valence-corrected chi connectivity index (χ4v) is 5.20. The van der Waals surface area contributed by atoms with Gasteiger partial charge in [0.15, 0.2) is 11.5 Å². The van der Waals surface area contributed by atoms with Crippen LogP contribution >= 0.6 is 0 Å². The Morgan fingerprint density at radius 3 is 2.44 bits per heavy atom. The molecule has 45 heavy (non-hydrogen) atoms. The Balaban J connectivity index is 1.30. The van der Waals surface area contributed by atoms with Crippen molar-refractivity contribution in [3.05, 3.63) is 89.9 Å². The van der Waals surface area contributed by atoms with Crippen molar-refractivity contribution >= 4 is 29.2 Å². The summed E-state index contributed by atoms with van der Waals surface area (Å²) in [5.41, 5.74) is 4.10. The number of carbonyl (C=O) groups excluding carboxylic acids is 1. The molecule has 3 heterocycles. The van der Waals surface area contributed by atoms with Crippen LogP contribution < -0.4 is 19.7 Å². The van der Waals surface area contributed by atoms with Crippen molar-refractivity contribution in [3.8, 4) is 11.5 Å². The van der Waals surface area contributed by atoms with Crippen molar-refractivity contribution in [1.82, 2.24) is 24.8 Å². The van der Waals surface area contributed by atoms with Crippen molar-refractivity contribution in [2.24, 2.45) is 0 Å². The van der Waals surface area contributed by atoms with E-state index in [2.05, 4.69) is 32.1 Å². The average Bonchev–Trinajstić information content (AvgIpc) is 3.05. The average molecular weight is 612 g/mol. The highest BCUT2D eigenvalue weighted by Gasteiger charge is 2.25. The molecule has 1 N–H and O–H groups in total. The van der Waals surface area contributed by atoms with E-state index >= 15 is 0 Å². The molecule has 236 valence electrons. The lowest BCUT2D eigenvalue weighted by atomic mass is 10.1. The van der Waals surface area contributed by atoms with Crippen molar-refractivity contribution in [1.29, 1.82) is 0 Å². The van der Waals surface area contributed by atoms with Crippen LogP contribution in [0.3, 0.4) is 0 Å². The number of pyridine rings is 1. The van der Waals surface area contributed by atoms with Crippen molar-refractivity contribution in [2.45, 2.75) is 20.3 Å². The van der Waals surface area contributed by atoms with E-state index in [4.69, 9.17) is 19.2 Å². The van der Waals surface area contributed by atoms with Gasteiger partial charge in [0.1, 0.15) is 12.4 Å². The number of anilines is 4. The van der Waals surface area contributed by atoms with E-state index in [0.717, 1.165) is 49.5 Å². The van der Waals surface area contributed by atoms with Crippen LogP contribution in [0.15, 0.2) is 73.1 Å². The van der Waals surface area contributed by atoms with Crippen LogP contribution in [0, 0.1) is 13.8 Å². The Bertz CT molecular complexity index is 1540. The number of ether oxygens (including phenoxy) is 3. The summed E-state index contributed by atoms with van der Waals surface area (Å²) in [5, 5.41) is 3.24. The summed E-state index contributed by atoms with van der Waals surface area (Å²) in [5.74, 6) is 1.96. The number of benzene rings is 2. The topological polar surface area (TPSA) is 105 Å². The fraction of sp³-hybridized carbons (Fsp3) is 0.353. The van der Waals surface area contributed by atoms with Crippen molar-refractivity contribution < 1.29 is 19.0 Å². The second-order valence-corrected chi connectivity index (χ2v) is 11.0. The van der Waals surface area contributed by atoms with E-state index < -0.39 is 6.09 Å². The quantitative estimate of drug-likeness (QED) is 0.224. The number of para-hydroxylation sites is 1. The smallest absolute Gasteiger partial charge is 0.420 e. The number of hydrogen-bond acceptors (Lipinski definition) is 10. The number of carbonyl (C=O) groups is 1. The lowest BCUT2D eigenvalue weighted by molar-refractivity contribution is 0.133. The molecule has 1 aliphatic rings. The van der Waals surface area contributed by atoms with E-state index in [0.29, 0.717) is 47.7 Å². The normalized spacial score (nSPS) is 13.7. The Kier molecular flexibility index (Phi) is 10.8. The Morgan fingerprint density at radius 2 is 1.71 bits per heavy atom. The second-order valence-electron chi connectivity index (χ2n) is 11.0. The molecule has 0 atom stereocenters. The van der Waals surface area contributed by atoms with Crippen molar-refractivity contribution in [2.75, 3.05) is 70.3 Å². The zero-order chi connectivity index (χ0) is 31.6. The first kappa shape index (κ1) is 31.7. The molecule has 11 heteroatoms. The van der Waals surface area contributed by atoms with Gasteiger partial charge in [-0.05, 0) is 56.3 Å². The molecule has 0 spiro atoms. The third-order valence-corrected chi connectivity index (χ3v) is 7.71. The molecule has 4 aromatic rings. The summed E-state index contributed by atoms with van der Waals surface area (Å²) in [4.78, 5) is 33.3. The van der Waals surface area contributed by atoms with Gasteiger partial charge in [-0.1, -0.05) is 24.3 Å². The highest BCUT2D eigenvalue weighted by molar-refractivity contribution is 5.96. The summed E-state index contributed by atoms with van der Waals surface area (Å²) < 4.78 is 17.4. The lowest BCUT2D eigenvalue weighted by Gasteiger charge is -2.32. The minimum Gasteiger partial charge on any atom is -0.493 e. The number of methoxy groups -OCH3 is 1.